The number of ether oxygens (including phenoxy) is 1. The van der Waals surface area contributed by atoms with E-state index in [1.54, 1.807) is 0 Å². The van der Waals surface area contributed by atoms with Gasteiger partial charge >= 0.3 is 0 Å². The van der Waals surface area contributed by atoms with Crippen LogP contribution in [0.5, 0.6) is 0 Å². The average Bonchev–Trinajstić information content (AvgIpc) is 3.05. The highest BCUT2D eigenvalue weighted by atomic mass is 16.5. The normalized spacial score (nSPS) is 25.6. The van der Waals surface area contributed by atoms with Gasteiger partial charge in [0.05, 0.1) is 12.0 Å². The predicted octanol–water partition coefficient (Wildman–Crippen LogP) is 1.49. The Morgan fingerprint density at radius 3 is 3.17 bits per heavy atom. The third kappa shape index (κ3) is 2.20. The fraction of sp³-hybridized carbons (Fsp3) is 0.500. The van der Waals surface area contributed by atoms with E-state index in [-0.39, 0.29) is 17.9 Å². The van der Waals surface area contributed by atoms with Crippen molar-refractivity contribution < 1.29 is 9.53 Å². The minimum atomic E-state index is -0.0670. The number of anilines is 1. The lowest BCUT2D eigenvalue weighted by molar-refractivity contribution is -0.122. The first-order valence-corrected chi connectivity index (χ1v) is 6.57. The van der Waals surface area contributed by atoms with Crippen LogP contribution in [0.25, 0.3) is 0 Å². The number of hydrogen-bond donors (Lipinski definition) is 2. The van der Waals surface area contributed by atoms with E-state index in [9.17, 15) is 4.79 Å². The van der Waals surface area contributed by atoms with Gasteiger partial charge in [-0.3, -0.25) is 4.79 Å². The first-order chi connectivity index (χ1) is 8.84. The summed E-state index contributed by atoms with van der Waals surface area (Å²) < 4.78 is 5.51. The molecule has 3 rings (SSSR count). The average molecular weight is 246 g/mol. The molecular formula is C14H18N2O2. The zero-order valence-electron chi connectivity index (χ0n) is 10.3. The van der Waals surface area contributed by atoms with Crippen LogP contribution >= 0.6 is 0 Å². The summed E-state index contributed by atoms with van der Waals surface area (Å²) in [5, 5.41) is 6.27. The Kier molecular flexibility index (Phi) is 3.19. The van der Waals surface area contributed by atoms with Gasteiger partial charge in [-0.15, -0.1) is 0 Å². The van der Waals surface area contributed by atoms with E-state index in [1.165, 1.54) is 0 Å². The lowest BCUT2D eigenvalue weighted by Crippen LogP contribution is -2.35. The maximum Gasteiger partial charge on any atom is 0.229 e. The van der Waals surface area contributed by atoms with Crippen LogP contribution < -0.4 is 10.6 Å². The fourth-order valence-electron chi connectivity index (χ4n) is 2.66. The Balaban J connectivity index is 1.60. The molecule has 0 aromatic heterocycles. The van der Waals surface area contributed by atoms with E-state index in [0.29, 0.717) is 13.1 Å². The molecule has 0 aliphatic carbocycles. The molecule has 0 radical (unpaired) electrons. The van der Waals surface area contributed by atoms with Crippen LogP contribution in [0.3, 0.4) is 0 Å². The van der Waals surface area contributed by atoms with Crippen molar-refractivity contribution >= 4 is 11.6 Å². The highest BCUT2D eigenvalue weighted by Crippen LogP contribution is 2.30. The summed E-state index contributed by atoms with van der Waals surface area (Å²) in [7, 11) is 0. The van der Waals surface area contributed by atoms with Crippen LogP contribution in [0.4, 0.5) is 5.69 Å². The molecule has 2 aliphatic heterocycles. The van der Waals surface area contributed by atoms with Gasteiger partial charge in [-0.05, 0) is 24.5 Å². The highest BCUT2D eigenvalue weighted by molar-refractivity contribution is 5.88. The van der Waals surface area contributed by atoms with E-state index in [4.69, 9.17) is 4.74 Å². The fourth-order valence-corrected chi connectivity index (χ4v) is 2.66. The van der Waals surface area contributed by atoms with E-state index < -0.39 is 0 Å². The molecule has 4 heteroatoms. The molecular weight excluding hydrogens is 228 g/mol. The topological polar surface area (TPSA) is 50.4 Å². The van der Waals surface area contributed by atoms with Crippen molar-refractivity contribution in [2.24, 2.45) is 0 Å². The lowest BCUT2D eigenvalue weighted by Gasteiger charge is -2.14. The molecule has 1 saturated heterocycles. The number of hydrogen-bond acceptors (Lipinski definition) is 3. The van der Waals surface area contributed by atoms with Crippen molar-refractivity contribution in [1.82, 2.24) is 5.32 Å². The van der Waals surface area contributed by atoms with Crippen molar-refractivity contribution in [1.29, 1.82) is 0 Å². The van der Waals surface area contributed by atoms with Gasteiger partial charge in [-0.2, -0.15) is 0 Å². The van der Waals surface area contributed by atoms with Gasteiger partial charge in [0, 0.05) is 25.4 Å². The molecule has 1 fully saturated rings. The van der Waals surface area contributed by atoms with E-state index >= 15 is 0 Å². The summed E-state index contributed by atoms with van der Waals surface area (Å²) in [5.41, 5.74) is 2.18. The van der Waals surface area contributed by atoms with E-state index in [0.717, 1.165) is 30.7 Å². The smallest absolute Gasteiger partial charge is 0.229 e. The second kappa shape index (κ2) is 4.98. The van der Waals surface area contributed by atoms with Crippen molar-refractivity contribution in [3.8, 4) is 0 Å². The number of rotatable bonds is 3. The van der Waals surface area contributed by atoms with Gasteiger partial charge in [-0.25, -0.2) is 0 Å². The summed E-state index contributed by atoms with van der Waals surface area (Å²) in [6, 6.07) is 8.00. The Hall–Kier alpha value is -1.55. The summed E-state index contributed by atoms with van der Waals surface area (Å²) in [5.74, 6) is 0.0329. The molecule has 0 saturated carbocycles. The summed E-state index contributed by atoms with van der Waals surface area (Å²) in [4.78, 5) is 12.2. The zero-order chi connectivity index (χ0) is 12.4. The van der Waals surface area contributed by atoms with Gasteiger partial charge in [0.15, 0.2) is 0 Å². The third-order valence-corrected chi connectivity index (χ3v) is 3.68. The molecule has 1 aromatic rings. The molecule has 96 valence electrons. The van der Waals surface area contributed by atoms with Gasteiger partial charge in [-0.1, -0.05) is 18.2 Å². The highest BCUT2D eigenvalue weighted by Gasteiger charge is 2.28. The van der Waals surface area contributed by atoms with Crippen molar-refractivity contribution in [3.63, 3.8) is 0 Å². The second-order valence-electron chi connectivity index (χ2n) is 4.90. The molecule has 2 N–H and O–H groups in total. The first-order valence-electron chi connectivity index (χ1n) is 6.57. The van der Waals surface area contributed by atoms with Gasteiger partial charge in [0.1, 0.15) is 0 Å². The Morgan fingerprint density at radius 1 is 1.44 bits per heavy atom. The quantitative estimate of drug-likeness (QED) is 0.849. The maximum absolute atomic E-state index is 12.2. The SMILES string of the molecule is O=C(NCC1CCCO1)C1CNc2ccccc21. The molecule has 18 heavy (non-hydrogen) atoms. The predicted molar refractivity (Wildman–Crippen MR) is 69.7 cm³/mol. The minimum Gasteiger partial charge on any atom is -0.384 e. The molecule has 2 aliphatic rings. The number of amides is 1. The number of fused-ring (bicyclic) bond motifs is 1. The Morgan fingerprint density at radius 2 is 2.33 bits per heavy atom. The molecule has 0 spiro atoms. The summed E-state index contributed by atoms with van der Waals surface area (Å²) >= 11 is 0. The van der Waals surface area contributed by atoms with E-state index in [2.05, 4.69) is 10.6 Å². The van der Waals surface area contributed by atoms with Gasteiger partial charge < -0.3 is 15.4 Å². The molecule has 0 bridgehead atoms. The van der Waals surface area contributed by atoms with Crippen molar-refractivity contribution in [2.45, 2.75) is 24.9 Å². The molecule has 1 aromatic carbocycles. The lowest BCUT2D eigenvalue weighted by atomic mass is 10.0. The number of carbonyl (C=O) groups excluding carboxylic acids is 1. The second-order valence-corrected chi connectivity index (χ2v) is 4.90. The van der Waals surface area contributed by atoms with Crippen LogP contribution in [-0.2, 0) is 9.53 Å². The van der Waals surface area contributed by atoms with Crippen LogP contribution in [0.2, 0.25) is 0 Å². The monoisotopic (exact) mass is 246 g/mol. The van der Waals surface area contributed by atoms with Crippen LogP contribution in [-0.4, -0.2) is 31.7 Å². The summed E-state index contributed by atoms with van der Waals surface area (Å²) in [6.07, 6.45) is 2.37. The third-order valence-electron chi connectivity index (χ3n) is 3.68. The van der Waals surface area contributed by atoms with Gasteiger partial charge in [0.25, 0.3) is 0 Å². The number of benzene rings is 1. The van der Waals surface area contributed by atoms with E-state index in [1.807, 2.05) is 24.3 Å². The largest absolute Gasteiger partial charge is 0.384 e. The van der Waals surface area contributed by atoms with Gasteiger partial charge in [0.2, 0.25) is 5.91 Å². The zero-order valence-corrected chi connectivity index (χ0v) is 10.3. The molecule has 2 atom stereocenters. The first kappa shape index (κ1) is 11.5. The molecule has 2 heterocycles. The van der Waals surface area contributed by atoms with Crippen molar-refractivity contribution in [3.05, 3.63) is 29.8 Å². The van der Waals surface area contributed by atoms with Crippen LogP contribution in [0.1, 0.15) is 24.3 Å². The van der Waals surface area contributed by atoms with Crippen LogP contribution in [0.15, 0.2) is 24.3 Å². The van der Waals surface area contributed by atoms with Crippen molar-refractivity contribution in [2.75, 3.05) is 25.0 Å². The Labute approximate surface area is 107 Å². The molecule has 4 nitrogen and oxygen atoms in total. The number of nitrogens with one attached hydrogen (secondary N) is 2. The number of carbonyl (C=O) groups is 1. The standard InChI is InChI=1S/C14H18N2O2/c17-14(16-8-10-4-3-7-18-10)12-9-15-13-6-2-1-5-11(12)13/h1-2,5-6,10,12,15H,3-4,7-9H2,(H,16,17). The Bertz CT molecular complexity index is 441. The summed E-state index contributed by atoms with van der Waals surface area (Å²) in [6.45, 7) is 2.16. The maximum atomic E-state index is 12.2. The minimum absolute atomic E-state index is 0.0670. The number of para-hydroxylation sites is 1. The molecule has 1 amide bonds. The van der Waals surface area contributed by atoms with Crippen LogP contribution in [0, 0.1) is 0 Å². The molecule has 2 unspecified atom stereocenters.